The topological polar surface area (TPSA) is 71.8 Å². The lowest BCUT2D eigenvalue weighted by Gasteiger charge is -2.03. The highest BCUT2D eigenvalue weighted by atomic mass is 19.2. The number of benzene rings is 1. The Morgan fingerprint density at radius 1 is 1.24 bits per heavy atom. The largest absolute Gasteiger partial charge is 0.325 e. The third-order valence-corrected chi connectivity index (χ3v) is 2.20. The fraction of sp³-hybridized carbons (Fsp3) is 0.0909. The van der Waals surface area contributed by atoms with Gasteiger partial charge in [0.25, 0.3) is 5.56 Å². The predicted octanol–water partition coefficient (Wildman–Crippen LogP) is 1.17. The highest BCUT2D eigenvalue weighted by molar-refractivity contribution is 5.54. The fourth-order valence-corrected chi connectivity index (χ4v) is 1.39. The van der Waals surface area contributed by atoms with Crippen molar-refractivity contribution in [2.24, 2.45) is 5.73 Å². The summed E-state index contributed by atoms with van der Waals surface area (Å²) in [5, 5.41) is 0. The first-order valence-electron chi connectivity index (χ1n) is 4.86. The minimum Gasteiger partial charge on any atom is -0.325 e. The molecule has 1 aromatic heterocycles. The van der Waals surface area contributed by atoms with Crippen LogP contribution in [-0.4, -0.2) is 9.97 Å². The number of aromatic amines is 1. The Morgan fingerprint density at radius 3 is 2.65 bits per heavy atom. The SMILES string of the molecule is NCc1cc(=O)[nH]c(-c2ccc(F)c(F)c2)n1. The normalized spacial score (nSPS) is 10.5. The summed E-state index contributed by atoms with van der Waals surface area (Å²) in [6.45, 7) is 0.0978. The Morgan fingerprint density at radius 2 is 2.00 bits per heavy atom. The van der Waals surface area contributed by atoms with Gasteiger partial charge in [0, 0.05) is 18.2 Å². The molecule has 2 aromatic rings. The number of halogens is 2. The van der Waals surface area contributed by atoms with Crippen LogP contribution in [0.2, 0.25) is 0 Å². The van der Waals surface area contributed by atoms with E-state index in [4.69, 9.17) is 5.73 Å². The molecule has 0 fully saturated rings. The highest BCUT2D eigenvalue weighted by Gasteiger charge is 2.07. The number of nitrogens with zero attached hydrogens (tertiary/aromatic N) is 1. The van der Waals surface area contributed by atoms with Gasteiger partial charge in [0.15, 0.2) is 11.6 Å². The molecule has 0 radical (unpaired) electrons. The van der Waals surface area contributed by atoms with Gasteiger partial charge < -0.3 is 10.7 Å². The predicted molar refractivity (Wildman–Crippen MR) is 58.1 cm³/mol. The zero-order valence-electron chi connectivity index (χ0n) is 8.71. The molecule has 1 aromatic carbocycles. The molecule has 0 aliphatic heterocycles. The first-order chi connectivity index (χ1) is 8.10. The summed E-state index contributed by atoms with van der Waals surface area (Å²) >= 11 is 0. The zero-order valence-corrected chi connectivity index (χ0v) is 8.71. The van der Waals surface area contributed by atoms with E-state index in [9.17, 15) is 13.6 Å². The molecule has 3 N–H and O–H groups in total. The molecule has 4 nitrogen and oxygen atoms in total. The van der Waals surface area contributed by atoms with Crippen LogP contribution in [0.15, 0.2) is 29.1 Å². The molecule has 0 amide bonds. The molecule has 0 aliphatic rings. The number of hydrogen-bond acceptors (Lipinski definition) is 3. The molecular weight excluding hydrogens is 228 g/mol. The molecule has 0 unspecified atom stereocenters. The third kappa shape index (κ3) is 2.36. The van der Waals surface area contributed by atoms with Crippen molar-refractivity contribution in [1.82, 2.24) is 9.97 Å². The van der Waals surface area contributed by atoms with E-state index in [0.717, 1.165) is 12.1 Å². The number of aromatic nitrogens is 2. The van der Waals surface area contributed by atoms with Crippen molar-refractivity contribution >= 4 is 0 Å². The van der Waals surface area contributed by atoms with Gasteiger partial charge in [-0.25, -0.2) is 13.8 Å². The molecule has 0 saturated carbocycles. The van der Waals surface area contributed by atoms with Gasteiger partial charge in [-0.2, -0.15) is 0 Å². The number of rotatable bonds is 2. The standard InChI is InChI=1S/C11H9F2N3O/c12-8-2-1-6(3-9(8)13)11-15-7(5-14)4-10(17)16-11/h1-4H,5,14H2,(H,15,16,17). The van der Waals surface area contributed by atoms with Crippen LogP contribution in [0.1, 0.15) is 5.69 Å². The van der Waals surface area contributed by atoms with E-state index in [-0.39, 0.29) is 23.5 Å². The van der Waals surface area contributed by atoms with E-state index >= 15 is 0 Å². The second kappa shape index (κ2) is 4.42. The molecule has 2 rings (SSSR count). The average molecular weight is 237 g/mol. The number of hydrogen-bond donors (Lipinski definition) is 2. The van der Waals surface area contributed by atoms with Crippen molar-refractivity contribution in [3.05, 3.63) is 51.9 Å². The zero-order chi connectivity index (χ0) is 12.4. The van der Waals surface area contributed by atoms with Crippen LogP contribution in [-0.2, 0) is 6.54 Å². The summed E-state index contributed by atoms with van der Waals surface area (Å²) < 4.78 is 25.8. The van der Waals surface area contributed by atoms with Gasteiger partial charge in [0.2, 0.25) is 0 Å². The lowest BCUT2D eigenvalue weighted by molar-refractivity contribution is 0.509. The summed E-state index contributed by atoms with van der Waals surface area (Å²) in [4.78, 5) is 17.7. The van der Waals surface area contributed by atoms with Crippen molar-refractivity contribution in [3.8, 4) is 11.4 Å². The Kier molecular flexibility index (Phi) is 2.97. The lowest BCUT2D eigenvalue weighted by atomic mass is 10.2. The molecule has 1 heterocycles. The first kappa shape index (κ1) is 11.4. The molecule has 0 saturated heterocycles. The van der Waals surface area contributed by atoms with Crippen molar-refractivity contribution in [3.63, 3.8) is 0 Å². The molecular formula is C11H9F2N3O. The summed E-state index contributed by atoms with van der Waals surface area (Å²) in [6, 6.07) is 4.52. The molecule has 0 atom stereocenters. The third-order valence-electron chi connectivity index (χ3n) is 2.20. The maximum absolute atomic E-state index is 13.0. The monoisotopic (exact) mass is 237 g/mol. The van der Waals surface area contributed by atoms with Gasteiger partial charge in [-0.05, 0) is 18.2 Å². The minimum atomic E-state index is -0.997. The summed E-state index contributed by atoms with van der Waals surface area (Å²) in [5.74, 6) is -1.79. The van der Waals surface area contributed by atoms with Gasteiger partial charge in [-0.1, -0.05) is 0 Å². The Hall–Kier alpha value is -2.08. The first-order valence-corrected chi connectivity index (χ1v) is 4.86. The van der Waals surface area contributed by atoms with Crippen LogP contribution in [0.3, 0.4) is 0 Å². The van der Waals surface area contributed by atoms with E-state index < -0.39 is 11.6 Å². The summed E-state index contributed by atoms with van der Waals surface area (Å²) in [5.41, 5.74) is 5.65. The molecule has 0 bridgehead atoms. The van der Waals surface area contributed by atoms with Crippen molar-refractivity contribution in [1.29, 1.82) is 0 Å². The maximum atomic E-state index is 13.0. The number of H-pyrrole nitrogens is 1. The van der Waals surface area contributed by atoms with Crippen molar-refractivity contribution in [2.75, 3.05) is 0 Å². The fourth-order valence-electron chi connectivity index (χ4n) is 1.39. The van der Waals surface area contributed by atoms with Gasteiger partial charge in [-0.15, -0.1) is 0 Å². The Balaban J connectivity index is 2.55. The second-order valence-electron chi connectivity index (χ2n) is 3.42. The Bertz CT molecular complexity index is 610. The van der Waals surface area contributed by atoms with E-state index in [1.165, 1.54) is 12.1 Å². The smallest absolute Gasteiger partial charge is 0.251 e. The molecule has 6 heteroatoms. The summed E-state index contributed by atoms with van der Waals surface area (Å²) in [7, 11) is 0. The lowest BCUT2D eigenvalue weighted by Crippen LogP contribution is -2.12. The van der Waals surface area contributed by atoms with E-state index in [0.29, 0.717) is 5.69 Å². The van der Waals surface area contributed by atoms with Crippen molar-refractivity contribution < 1.29 is 8.78 Å². The van der Waals surface area contributed by atoms with Gasteiger partial charge in [0.1, 0.15) is 5.82 Å². The van der Waals surface area contributed by atoms with Gasteiger partial charge in [-0.3, -0.25) is 4.79 Å². The highest BCUT2D eigenvalue weighted by Crippen LogP contribution is 2.17. The molecule has 17 heavy (non-hydrogen) atoms. The van der Waals surface area contributed by atoms with Gasteiger partial charge in [0.05, 0.1) is 5.69 Å². The maximum Gasteiger partial charge on any atom is 0.251 e. The van der Waals surface area contributed by atoms with E-state index in [2.05, 4.69) is 9.97 Å². The van der Waals surface area contributed by atoms with Crippen LogP contribution in [0, 0.1) is 11.6 Å². The van der Waals surface area contributed by atoms with Crippen LogP contribution in [0.5, 0.6) is 0 Å². The Labute approximate surface area is 95.1 Å². The quantitative estimate of drug-likeness (QED) is 0.823. The number of nitrogens with one attached hydrogen (secondary N) is 1. The van der Waals surface area contributed by atoms with Crippen LogP contribution in [0.4, 0.5) is 8.78 Å². The molecule has 0 aliphatic carbocycles. The summed E-state index contributed by atoms with van der Waals surface area (Å²) in [6.07, 6.45) is 0. The van der Waals surface area contributed by atoms with Crippen molar-refractivity contribution in [2.45, 2.75) is 6.54 Å². The van der Waals surface area contributed by atoms with Crippen LogP contribution in [0.25, 0.3) is 11.4 Å². The van der Waals surface area contributed by atoms with Crippen LogP contribution >= 0.6 is 0 Å². The molecule has 0 spiro atoms. The average Bonchev–Trinajstić information content (AvgIpc) is 2.32. The van der Waals surface area contributed by atoms with E-state index in [1.54, 1.807) is 0 Å². The minimum absolute atomic E-state index is 0.0978. The van der Waals surface area contributed by atoms with Gasteiger partial charge >= 0.3 is 0 Å². The molecule has 88 valence electrons. The van der Waals surface area contributed by atoms with E-state index in [1.807, 2.05) is 0 Å². The second-order valence-corrected chi connectivity index (χ2v) is 3.42. The number of nitrogens with two attached hydrogens (primary N) is 1. The van der Waals surface area contributed by atoms with Crippen LogP contribution < -0.4 is 11.3 Å².